The van der Waals surface area contributed by atoms with Crippen LogP contribution in [0.2, 0.25) is 0 Å². The Morgan fingerprint density at radius 1 is 1.00 bits per heavy atom. The highest BCUT2D eigenvalue weighted by Gasteiger charge is 2.06. The summed E-state index contributed by atoms with van der Waals surface area (Å²) < 4.78 is 0. The van der Waals surface area contributed by atoms with Crippen molar-refractivity contribution in [1.82, 2.24) is 5.32 Å². The highest BCUT2D eigenvalue weighted by molar-refractivity contribution is 6.04. The van der Waals surface area contributed by atoms with E-state index in [4.69, 9.17) is 0 Å². The Kier molecular flexibility index (Phi) is 4.72. The molecule has 0 fully saturated rings. The number of rotatable bonds is 5. The SMILES string of the molecule is C/C(=C\C(=O)c1ccccc1)N[C@@H](C)c1ccccc1. The van der Waals surface area contributed by atoms with Gasteiger partial charge in [0.2, 0.25) is 0 Å². The van der Waals surface area contributed by atoms with Gasteiger partial charge in [-0.2, -0.15) is 0 Å². The highest BCUT2D eigenvalue weighted by Crippen LogP contribution is 2.13. The summed E-state index contributed by atoms with van der Waals surface area (Å²) in [6.45, 7) is 4.00. The second kappa shape index (κ2) is 6.71. The molecule has 2 nitrogen and oxygen atoms in total. The van der Waals surface area contributed by atoms with Crippen molar-refractivity contribution in [3.63, 3.8) is 0 Å². The third-order valence-corrected chi connectivity index (χ3v) is 3.15. The Morgan fingerprint density at radius 2 is 1.55 bits per heavy atom. The van der Waals surface area contributed by atoms with E-state index >= 15 is 0 Å². The van der Waals surface area contributed by atoms with Crippen LogP contribution in [-0.2, 0) is 0 Å². The largest absolute Gasteiger partial charge is 0.382 e. The summed E-state index contributed by atoms with van der Waals surface area (Å²) in [6.07, 6.45) is 1.65. The third-order valence-electron chi connectivity index (χ3n) is 3.15. The van der Waals surface area contributed by atoms with Gasteiger partial charge in [0, 0.05) is 23.4 Å². The molecule has 0 aliphatic carbocycles. The molecule has 2 aromatic carbocycles. The quantitative estimate of drug-likeness (QED) is 0.650. The topological polar surface area (TPSA) is 29.1 Å². The van der Waals surface area contributed by atoms with Crippen molar-refractivity contribution in [3.05, 3.63) is 83.6 Å². The summed E-state index contributed by atoms with van der Waals surface area (Å²) in [7, 11) is 0. The maximum atomic E-state index is 12.1. The van der Waals surface area contributed by atoms with Crippen LogP contribution in [0.15, 0.2) is 72.4 Å². The molecule has 0 aliphatic rings. The molecule has 2 rings (SSSR count). The fourth-order valence-electron chi connectivity index (χ4n) is 2.09. The first-order valence-electron chi connectivity index (χ1n) is 6.76. The Hall–Kier alpha value is -2.35. The van der Waals surface area contributed by atoms with Crippen LogP contribution in [0.1, 0.15) is 35.8 Å². The first-order chi connectivity index (χ1) is 9.66. The first-order valence-corrected chi connectivity index (χ1v) is 6.76. The lowest BCUT2D eigenvalue weighted by Crippen LogP contribution is -2.17. The van der Waals surface area contributed by atoms with Crippen LogP contribution < -0.4 is 5.32 Å². The zero-order valence-electron chi connectivity index (χ0n) is 11.8. The molecule has 0 amide bonds. The van der Waals surface area contributed by atoms with Gasteiger partial charge in [-0.1, -0.05) is 60.7 Å². The van der Waals surface area contributed by atoms with Crippen LogP contribution in [-0.4, -0.2) is 5.78 Å². The minimum Gasteiger partial charge on any atom is -0.382 e. The van der Waals surface area contributed by atoms with Gasteiger partial charge in [0.05, 0.1) is 0 Å². The van der Waals surface area contributed by atoms with Gasteiger partial charge < -0.3 is 5.32 Å². The molecule has 0 aromatic heterocycles. The van der Waals surface area contributed by atoms with E-state index in [0.717, 1.165) is 5.70 Å². The van der Waals surface area contributed by atoms with Crippen molar-refractivity contribution in [1.29, 1.82) is 0 Å². The molecule has 2 aromatic rings. The van der Waals surface area contributed by atoms with Gasteiger partial charge >= 0.3 is 0 Å². The number of carbonyl (C=O) groups excluding carboxylic acids is 1. The van der Waals surface area contributed by atoms with Crippen molar-refractivity contribution < 1.29 is 4.79 Å². The van der Waals surface area contributed by atoms with Crippen molar-refractivity contribution in [3.8, 4) is 0 Å². The van der Waals surface area contributed by atoms with E-state index in [0.29, 0.717) is 5.56 Å². The van der Waals surface area contributed by atoms with Gasteiger partial charge in [-0.3, -0.25) is 4.79 Å². The Labute approximate surface area is 120 Å². The summed E-state index contributed by atoms with van der Waals surface area (Å²) in [6, 6.07) is 19.7. The molecule has 0 saturated carbocycles. The van der Waals surface area contributed by atoms with Crippen molar-refractivity contribution in [2.24, 2.45) is 0 Å². The maximum Gasteiger partial charge on any atom is 0.187 e. The lowest BCUT2D eigenvalue weighted by Gasteiger charge is -2.15. The van der Waals surface area contributed by atoms with Crippen LogP contribution in [0.25, 0.3) is 0 Å². The number of carbonyl (C=O) groups is 1. The standard InChI is InChI=1S/C18H19NO/c1-14(13-18(20)17-11-7-4-8-12-17)19-15(2)16-9-5-3-6-10-16/h3-13,15,19H,1-2H3/b14-13+/t15-/m0/s1. The molecule has 0 unspecified atom stereocenters. The number of benzene rings is 2. The van der Waals surface area contributed by atoms with Gasteiger partial charge in [0.1, 0.15) is 0 Å². The Bertz CT molecular complexity index is 587. The summed E-state index contributed by atoms with van der Waals surface area (Å²) in [5, 5.41) is 3.34. The predicted octanol–water partition coefficient (Wildman–Crippen LogP) is 4.12. The monoisotopic (exact) mass is 265 g/mol. The van der Waals surface area contributed by atoms with E-state index in [-0.39, 0.29) is 11.8 Å². The lowest BCUT2D eigenvalue weighted by molar-refractivity contribution is 0.104. The minimum atomic E-state index is 0.0239. The first kappa shape index (κ1) is 14.1. The fraction of sp³-hybridized carbons (Fsp3) is 0.167. The molecular weight excluding hydrogens is 246 g/mol. The van der Waals surface area contributed by atoms with E-state index in [1.807, 2.05) is 55.5 Å². The summed E-state index contributed by atoms with van der Waals surface area (Å²) in [5.74, 6) is 0.0239. The van der Waals surface area contributed by atoms with Crippen molar-refractivity contribution in [2.75, 3.05) is 0 Å². The molecule has 102 valence electrons. The maximum absolute atomic E-state index is 12.1. The van der Waals surface area contributed by atoms with Crippen LogP contribution in [0, 0.1) is 0 Å². The molecule has 0 spiro atoms. The van der Waals surface area contributed by atoms with Crippen LogP contribution in [0.5, 0.6) is 0 Å². The molecule has 0 radical (unpaired) electrons. The average Bonchev–Trinajstić information content (AvgIpc) is 2.49. The van der Waals surface area contributed by atoms with Crippen LogP contribution in [0.3, 0.4) is 0 Å². The van der Waals surface area contributed by atoms with Gasteiger partial charge in [-0.15, -0.1) is 0 Å². The van der Waals surface area contributed by atoms with Gasteiger partial charge in [-0.25, -0.2) is 0 Å². The highest BCUT2D eigenvalue weighted by atomic mass is 16.1. The smallest absolute Gasteiger partial charge is 0.187 e. The van der Waals surface area contributed by atoms with Crippen LogP contribution in [0.4, 0.5) is 0 Å². The minimum absolute atomic E-state index is 0.0239. The molecule has 1 N–H and O–H groups in total. The molecule has 0 saturated heterocycles. The second-order valence-electron chi connectivity index (χ2n) is 4.83. The number of hydrogen-bond acceptors (Lipinski definition) is 2. The lowest BCUT2D eigenvalue weighted by atomic mass is 10.1. The van der Waals surface area contributed by atoms with Gasteiger partial charge in [0.25, 0.3) is 0 Å². The van der Waals surface area contributed by atoms with Crippen molar-refractivity contribution in [2.45, 2.75) is 19.9 Å². The fourth-order valence-corrected chi connectivity index (χ4v) is 2.09. The third kappa shape index (κ3) is 3.82. The van der Waals surface area contributed by atoms with E-state index in [1.54, 1.807) is 6.08 Å². The zero-order valence-corrected chi connectivity index (χ0v) is 11.8. The summed E-state index contributed by atoms with van der Waals surface area (Å²) >= 11 is 0. The zero-order chi connectivity index (χ0) is 14.4. The van der Waals surface area contributed by atoms with E-state index in [1.165, 1.54) is 5.56 Å². The van der Waals surface area contributed by atoms with Gasteiger partial charge in [-0.05, 0) is 19.4 Å². The Balaban J connectivity index is 2.03. The summed E-state index contributed by atoms with van der Waals surface area (Å²) in [5.41, 5.74) is 2.78. The average molecular weight is 265 g/mol. The van der Waals surface area contributed by atoms with E-state index in [2.05, 4.69) is 24.4 Å². The molecule has 0 bridgehead atoms. The second-order valence-corrected chi connectivity index (χ2v) is 4.83. The number of hydrogen-bond donors (Lipinski definition) is 1. The molecule has 1 atom stereocenters. The van der Waals surface area contributed by atoms with E-state index < -0.39 is 0 Å². The van der Waals surface area contributed by atoms with Crippen LogP contribution >= 0.6 is 0 Å². The molecule has 0 aliphatic heterocycles. The van der Waals surface area contributed by atoms with Gasteiger partial charge in [0.15, 0.2) is 5.78 Å². The number of allylic oxidation sites excluding steroid dienone is 2. The normalized spacial score (nSPS) is 12.8. The summed E-state index contributed by atoms with van der Waals surface area (Å²) in [4.78, 5) is 12.1. The number of ketones is 1. The molecule has 0 heterocycles. The molecule has 2 heteroatoms. The Morgan fingerprint density at radius 3 is 2.15 bits per heavy atom. The number of nitrogens with one attached hydrogen (secondary N) is 1. The van der Waals surface area contributed by atoms with E-state index in [9.17, 15) is 4.79 Å². The molecule has 20 heavy (non-hydrogen) atoms. The molecular formula is C18H19NO. The van der Waals surface area contributed by atoms with Crippen molar-refractivity contribution >= 4 is 5.78 Å². The predicted molar refractivity (Wildman–Crippen MR) is 82.5 cm³/mol.